The summed E-state index contributed by atoms with van der Waals surface area (Å²) in [6.45, 7) is 0.250. The van der Waals surface area contributed by atoms with Gasteiger partial charge in [-0.05, 0) is 49.7 Å². The zero-order valence-corrected chi connectivity index (χ0v) is 23.0. The summed E-state index contributed by atoms with van der Waals surface area (Å²) >= 11 is 12.1. The Hall–Kier alpha value is -3.28. The van der Waals surface area contributed by atoms with Gasteiger partial charge in [0.25, 0.3) is 11.8 Å². The molecule has 13 heteroatoms. The summed E-state index contributed by atoms with van der Waals surface area (Å²) in [6.07, 6.45) is 0.389. The number of rotatable bonds is 6. The number of nitrogens with zero attached hydrogens (tertiary/aromatic N) is 4. The predicted octanol–water partition coefficient (Wildman–Crippen LogP) is 5.27. The summed E-state index contributed by atoms with van der Waals surface area (Å²) in [7, 11) is 0. The van der Waals surface area contributed by atoms with Crippen molar-refractivity contribution in [1.82, 2.24) is 19.6 Å². The molecule has 0 saturated heterocycles. The normalized spacial score (nSPS) is 19.5. The van der Waals surface area contributed by atoms with Gasteiger partial charge in [-0.3, -0.25) is 14.3 Å². The van der Waals surface area contributed by atoms with Crippen LogP contribution in [0.1, 0.15) is 63.6 Å². The van der Waals surface area contributed by atoms with Crippen LogP contribution in [0.5, 0.6) is 5.75 Å². The van der Waals surface area contributed by atoms with E-state index in [1.807, 2.05) is 6.92 Å². The average molecular weight is 597 g/mol. The lowest BCUT2D eigenvalue weighted by atomic mass is 9.96. The van der Waals surface area contributed by atoms with Gasteiger partial charge in [-0.1, -0.05) is 29.3 Å². The van der Waals surface area contributed by atoms with E-state index in [4.69, 9.17) is 23.2 Å². The van der Waals surface area contributed by atoms with Gasteiger partial charge in [0.1, 0.15) is 5.69 Å². The monoisotopic (exact) mass is 596 g/mol. The molecule has 3 aromatic rings. The van der Waals surface area contributed by atoms with Crippen LogP contribution in [0.25, 0.3) is 0 Å². The molecule has 40 heavy (non-hydrogen) atoms. The number of halogens is 5. The lowest BCUT2D eigenvalue weighted by molar-refractivity contribution is -0.0522. The highest BCUT2D eigenvalue weighted by Crippen LogP contribution is 2.36. The molecule has 8 nitrogen and oxygen atoms in total. The summed E-state index contributed by atoms with van der Waals surface area (Å²) in [5, 5.41) is 15.4. The minimum absolute atomic E-state index is 0.0858. The van der Waals surface area contributed by atoms with Crippen molar-refractivity contribution >= 4 is 35.0 Å². The number of amides is 2. The average Bonchev–Trinajstić information content (AvgIpc) is 3.29. The Balaban J connectivity index is 1.47. The van der Waals surface area contributed by atoms with Crippen LogP contribution in [0.4, 0.5) is 13.2 Å². The van der Waals surface area contributed by atoms with Gasteiger partial charge >= 0.3 is 6.61 Å². The molecule has 1 aromatic heterocycles. The molecule has 2 aliphatic heterocycles. The summed E-state index contributed by atoms with van der Waals surface area (Å²) in [5.41, 5.74) is 2.17. The molecule has 3 heterocycles. The lowest BCUT2D eigenvalue weighted by Crippen LogP contribution is -2.46. The summed E-state index contributed by atoms with van der Waals surface area (Å²) in [4.78, 5) is 30.4. The zero-order valence-electron chi connectivity index (χ0n) is 21.5. The fourth-order valence-electron chi connectivity index (χ4n) is 5.26. The molecule has 1 N–H and O–H groups in total. The molecule has 0 bridgehead atoms. The topological polar surface area (TPSA) is 87.9 Å². The summed E-state index contributed by atoms with van der Waals surface area (Å²) in [6, 6.07) is 6.68. The molecule has 5 rings (SSSR count). The fraction of sp³-hybridized carbons (Fsp3) is 0.370. The van der Waals surface area contributed by atoms with Crippen molar-refractivity contribution in [3.8, 4) is 5.75 Å². The van der Waals surface area contributed by atoms with E-state index < -0.39 is 36.2 Å². The van der Waals surface area contributed by atoms with Crippen molar-refractivity contribution in [2.24, 2.45) is 0 Å². The van der Waals surface area contributed by atoms with Crippen molar-refractivity contribution in [2.75, 3.05) is 13.2 Å². The molecule has 0 aliphatic carbocycles. The van der Waals surface area contributed by atoms with E-state index >= 15 is 0 Å². The first-order valence-corrected chi connectivity index (χ1v) is 13.3. The number of carbonyl (C=O) groups is 2. The Labute approximate surface area is 237 Å². The van der Waals surface area contributed by atoms with Gasteiger partial charge < -0.3 is 19.6 Å². The number of alkyl halides is 2. The molecule has 0 saturated carbocycles. The Morgan fingerprint density at radius 3 is 2.60 bits per heavy atom. The first-order chi connectivity index (χ1) is 19.0. The van der Waals surface area contributed by atoms with Crippen molar-refractivity contribution in [3.63, 3.8) is 0 Å². The third-order valence-corrected chi connectivity index (χ3v) is 8.16. The third kappa shape index (κ3) is 5.02. The van der Waals surface area contributed by atoms with Gasteiger partial charge in [-0.2, -0.15) is 13.9 Å². The molecule has 3 atom stereocenters. The second-order valence-corrected chi connectivity index (χ2v) is 10.7. The largest absolute Gasteiger partial charge is 0.432 e. The zero-order chi connectivity index (χ0) is 28.9. The third-order valence-electron chi connectivity index (χ3n) is 7.42. The lowest BCUT2D eigenvalue weighted by Gasteiger charge is -2.38. The quantitative estimate of drug-likeness (QED) is 0.419. The first-order valence-electron chi connectivity index (χ1n) is 12.5. The number of hydrogen-bond donors (Lipinski definition) is 1. The maximum atomic E-state index is 14.5. The Morgan fingerprint density at radius 1 is 1.20 bits per heavy atom. The fourth-order valence-corrected chi connectivity index (χ4v) is 5.56. The smallest absolute Gasteiger partial charge is 0.387 e. The van der Waals surface area contributed by atoms with Crippen LogP contribution in [-0.2, 0) is 13.0 Å². The Kier molecular flexibility index (Phi) is 7.73. The van der Waals surface area contributed by atoms with Crippen molar-refractivity contribution < 1.29 is 32.6 Å². The van der Waals surface area contributed by atoms with Crippen LogP contribution in [0.3, 0.4) is 0 Å². The number of aliphatic hydroxyl groups is 1. The SMILES string of the molecule is CC(c1ccc(OC(F)F)c(F)c1)N1C[C@@H](CO)n2nc3c(c2C1=O)CN(C(=O)c1ccc(Cl)c(Cl)c1)[C@H](C)C3. The maximum absolute atomic E-state index is 14.5. The second kappa shape index (κ2) is 10.9. The maximum Gasteiger partial charge on any atom is 0.387 e. The Bertz CT molecular complexity index is 1480. The molecule has 212 valence electrons. The van der Waals surface area contributed by atoms with E-state index in [1.54, 1.807) is 24.0 Å². The van der Waals surface area contributed by atoms with E-state index in [9.17, 15) is 27.9 Å². The highest BCUT2D eigenvalue weighted by molar-refractivity contribution is 6.42. The van der Waals surface area contributed by atoms with Gasteiger partial charge in [0.15, 0.2) is 11.6 Å². The number of aromatic nitrogens is 2. The van der Waals surface area contributed by atoms with Crippen LogP contribution in [0, 0.1) is 5.82 Å². The molecule has 2 aromatic carbocycles. The van der Waals surface area contributed by atoms with E-state index in [2.05, 4.69) is 9.84 Å². The molecule has 0 radical (unpaired) electrons. The first kappa shape index (κ1) is 28.3. The molecule has 0 spiro atoms. The van der Waals surface area contributed by atoms with Crippen LogP contribution < -0.4 is 4.74 Å². The van der Waals surface area contributed by atoms with E-state index in [1.165, 1.54) is 21.7 Å². The van der Waals surface area contributed by atoms with Gasteiger partial charge in [0.2, 0.25) is 0 Å². The van der Waals surface area contributed by atoms with E-state index in [-0.39, 0.29) is 42.4 Å². The van der Waals surface area contributed by atoms with Crippen molar-refractivity contribution in [3.05, 3.63) is 80.3 Å². The molecular weight excluding hydrogens is 572 g/mol. The van der Waals surface area contributed by atoms with Crippen LogP contribution in [0.15, 0.2) is 36.4 Å². The van der Waals surface area contributed by atoms with Gasteiger partial charge in [0.05, 0.1) is 41.0 Å². The standard InChI is InChI=1S/C27H25Cl2F3N4O4/c1-13-7-22-18(11-34(13)25(38)16-3-5-19(28)20(29)8-16)24-26(39)35(10-17(12-37)36(24)33-22)14(2)15-4-6-23(21(30)9-15)40-27(31)32/h3-6,8-9,13-14,17,27,37H,7,10-12H2,1-2H3/t13-,14?,17+/m1/s1. The number of aliphatic hydroxyl groups excluding tert-OH is 1. The molecule has 0 fully saturated rings. The van der Waals surface area contributed by atoms with Crippen LogP contribution >= 0.6 is 23.2 Å². The Morgan fingerprint density at radius 2 is 1.95 bits per heavy atom. The van der Waals surface area contributed by atoms with Crippen LogP contribution in [-0.4, -0.2) is 62.3 Å². The number of hydrogen-bond acceptors (Lipinski definition) is 5. The minimum Gasteiger partial charge on any atom is -0.432 e. The molecule has 2 amide bonds. The van der Waals surface area contributed by atoms with Crippen LogP contribution in [0.2, 0.25) is 10.0 Å². The molecule has 1 unspecified atom stereocenters. The number of carbonyl (C=O) groups excluding carboxylic acids is 2. The summed E-state index contributed by atoms with van der Waals surface area (Å²) < 4.78 is 45.3. The van der Waals surface area contributed by atoms with E-state index in [0.717, 1.165) is 12.1 Å². The minimum atomic E-state index is -3.18. The van der Waals surface area contributed by atoms with Gasteiger partial charge in [-0.25, -0.2) is 4.39 Å². The number of ether oxygens (including phenoxy) is 1. The van der Waals surface area contributed by atoms with Crippen molar-refractivity contribution in [2.45, 2.75) is 51.6 Å². The van der Waals surface area contributed by atoms with Gasteiger partial charge in [0, 0.05) is 30.1 Å². The van der Waals surface area contributed by atoms with E-state index in [0.29, 0.717) is 33.8 Å². The molecule has 2 aliphatic rings. The second-order valence-electron chi connectivity index (χ2n) is 9.87. The number of fused-ring (bicyclic) bond motifs is 3. The molecular formula is C27H25Cl2F3N4O4. The predicted molar refractivity (Wildman–Crippen MR) is 140 cm³/mol. The summed E-state index contributed by atoms with van der Waals surface area (Å²) in [5.74, 6) is -2.28. The van der Waals surface area contributed by atoms with Gasteiger partial charge in [-0.15, -0.1) is 0 Å². The highest BCUT2D eigenvalue weighted by atomic mass is 35.5. The van der Waals surface area contributed by atoms with Crippen molar-refractivity contribution in [1.29, 1.82) is 0 Å². The highest BCUT2D eigenvalue weighted by Gasteiger charge is 2.41. The number of benzene rings is 2.